The SMILES string of the molecule is CCCNCc1nnnn1-c1ccc(C)cc1. The van der Waals surface area contributed by atoms with E-state index in [9.17, 15) is 0 Å². The van der Waals surface area contributed by atoms with Gasteiger partial charge >= 0.3 is 0 Å². The van der Waals surface area contributed by atoms with Crippen molar-refractivity contribution in [3.63, 3.8) is 0 Å². The van der Waals surface area contributed by atoms with E-state index in [1.165, 1.54) is 5.56 Å². The van der Waals surface area contributed by atoms with Crippen molar-refractivity contribution in [3.05, 3.63) is 35.7 Å². The topological polar surface area (TPSA) is 55.6 Å². The summed E-state index contributed by atoms with van der Waals surface area (Å²) in [6.45, 7) is 5.86. The van der Waals surface area contributed by atoms with Crippen LogP contribution in [0.4, 0.5) is 0 Å². The first-order valence-corrected chi connectivity index (χ1v) is 5.86. The quantitative estimate of drug-likeness (QED) is 0.792. The third kappa shape index (κ3) is 2.88. The number of aromatic nitrogens is 4. The van der Waals surface area contributed by atoms with Crippen LogP contribution in [-0.2, 0) is 6.54 Å². The Hall–Kier alpha value is -1.75. The van der Waals surface area contributed by atoms with Gasteiger partial charge in [-0.15, -0.1) is 5.10 Å². The van der Waals surface area contributed by atoms with Crippen molar-refractivity contribution in [2.45, 2.75) is 26.8 Å². The Bertz CT molecular complexity index is 460. The largest absolute Gasteiger partial charge is 0.310 e. The summed E-state index contributed by atoms with van der Waals surface area (Å²) in [6.07, 6.45) is 1.10. The molecule has 0 radical (unpaired) electrons. The van der Waals surface area contributed by atoms with Crippen LogP contribution < -0.4 is 5.32 Å². The van der Waals surface area contributed by atoms with Crippen LogP contribution in [0.25, 0.3) is 5.69 Å². The lowest BCUT2D eigenvalue weighted by atomic mass is 10.2. The molecule has 0 unspecified atom stereocenters. The molecule has 0 saturated heterocycles. The van der Waals surface area contributed by atoms with E-state index in [4.69, 9.17) is 0 Å². The summed E-state index contributed by atoms with van der Waals surface area (Å²) in [6, 6.07) is 8.16. The fraction of sp³-hybridized carbons (Fsp3) is 0.417. The van der Waals surface area contributed by atoms with Gasteiger partial charge in [0.2, 0.25) is 0 Å². The van der Waals surface area contributed by atoms with Crippen LogP contribution in [0.5, 0.6) is 0 Å². The molecule has 1 N–H and O–H groups in total. The van der Waals surface area contributed by atoms with Crippen LogP contribution in [0.3, 0.4) is 0 Å². The van der Waals surface area contributed by atoms with Crippen LogP contribution in [0.2, 0.25) is 0 Å². The number of tetrazole rings is 1. The van der Waals surface area contributed by atoms with Crippen molar-refractivity contribution >= 4 is 0 Å². The molecule has 0 aliphatic carbocycles. The number of aryl methyl sites for hydroxylation is 1. The second-order valence-electron chi connectivity index (χ2n) is 4.02. The van der Waals surface area contributed by atoms with Gasteiger partial charge in [-0.25, -0.2) is 0 Å². The lowest BCUT2D eigenvalue weighted by Gasteiger charge is -2.05. The molecule has 0 amide bonds. The van der Waals surface area contributed by atoms with Gasteiger partial charge in [0.05, 0.1) is 12.2 Å². The first-order valence-electron chi connectivity index (χ1n) is 5.86. The summed E-state index contributed by atoms with van der Waals surface area (Å²) < 4.78 is 1.77. The van der Waals surface area contributed by atoms with E-state index in [2.05, 4.69) is 46.8 Å². The smallest absolute Gasteiger partial charge is 0.170 e. The van der Waals surface area contributed by atoms with Gasteiger partial charge in [-0.1, -0.05) is 24.6 Å². The van der Waals surface area contributed by atoms with Crippen molar-refractivity contribution < 1.29 is 0 Å². The molecular formula is C12H17N5. The van der Waals surface area contributed by atoms with Gasteiger partial charge in [-0.2, -0.15) is 4.68 Å². The minimum Gasteiger partial charge on any atom is -0.310 e. The molecule has 0 fully saturated rings. The summed E-state index contributed by atoms with van der Waals surface area (Å²) in [7, 11) is 0. The standard InChI is InChI=1S/C12H17N5/c1-3-8-13-9-12-14-15-16-17(12)11-6-4-10(2)5-7-11/h4-7,13H,3,8-9H2,1-2H3. The lowest BCUT2D eigenvalue weighted by Crippen LogP contribution is -2.17. The van der Waals surface area contributed by atoms with Crippen LogP contribution in [0.1, 0.15) is 24.7 Å². The lowest BCUT2D eigenvalue weighted by molar-refractivity contribution is 0.633. The highest BCUT2D eigenvalue weighted by Crippen LogP contribution is 2.09. The maximum Gasteiger partial charge on any atom is 0.170 e. The van der Waals surface area contributed by atoms with Gasteiger partial charge in [0.1, 0.15) is 0 Å². The summed E-state index contributed by atoms with van der Waals surface area (Å²) >= 11 is 0. The molecule has 2 rings (SSSR count). The molecule has 1 heterocycles. The van der Waals surface area contributed by atoms with Crippen LogP contribution in [0.15, 0.2) is 24.3 Å². The Labute approximate surface area is 101 Å². The third-order valence-electron chi connectivity index (χ3n) is 2.52. The van der Waals surface area contributed by atoms with E-state index in [1.807, 2.05) is 12.1 Å². The number of benzene rings is 1. The van der Waals surface area contributed by atoms with E-state index >= 15 is 0 Å². The molecule has 5 nitrogen and oxygen atoms in total. The maximum absolute atomic E-state index is 4.03. The highest BCUT2D eigenvalue weighted by molar-refractivity contribution is 5.33. The monoisotopic (exact) mass is 231 g/mol. The third-order valence-corrected chi connectivity index (χ3v) is 2.52. The minimum absolute atomic E-state index is 0.689. The highest BCUT2D eigenvalue weighted by atomic mass is 15.5. The Kier molecular flexibility index (Phi) is 3.82. The van der Waals surface area contributed by atoms with Crippen molar-refractivity contribution in [2.75, 3.05) is 6.54 Å². The van der Waals surface area contributed by atoms with Crippen molar-refractivity contribution in [2.24, 2.45) is 0 Å². The second kappa shape index (κ2) is 5.54. The van der Waals surface area contributed by atoms with Gasteiger partial charge < -0.3 is 5.32 Å². The zero-order valence-electron chi connectivity index (χ0n) is 10.2. The first-order chi connectivity index (χ1) is 8.31. The zero-order chi connectivity index (χ0) is 12.1. The van der Waals surface area contributed by atoms with Crippen molar-refractivity contribution in [1.29, 1.82) is 0 Å². The predicted molar refractivity (Wildman–Crippen MR) is 65.9 cm³/mol. The fourth-order valence-electron chi connectivity index (χ4n) is 1.58. The number of hydrogen-bond donors (Lipinski definition) is 1. The average molecular weight is 231 g/mol. The summed E-state index contributed by atoms with van der Waals surface area (Å²) in [4.78, 5) is 0. The molecule has 5 heteroatoms. The molecule has 0 aliphatic heterocycles. The molecule has 0 saturated carbocycles. The molecule has 1 aromatic carbocycles. The van der Waals surface area contributed by atoms with E-state index in [-0.39, 0.29) is 0 Å². The fourth-order valence-corrected chi connectivity index (χ4v) is 1.58. The Morgan fingerprint density at radius 2 is 2.00 bits per heavy atom. The summed E-state index contributed by atoms with van der Waals surface area (Å²) in [5, 5.41) is 15.1. The highest BCUT2D eigenvalue weighted by Gasteiger charge is 2.06. The molecule has 90 valence electrons. The van der Waals surface area contributed by atoms with Gasteiger partial charge in [-0.3, -0.25) is 0 Å². The van der Waals surface area contributed by atoms with Crippen molar-refractivity contribution in [1.82, 2.24) is 25.5 Å². The van der Waals surface area contributed by atoms with Gasteiger partial charge in [0.25, 0.3) is 0 Å². The average Bonchev–Trinajstić information content (AvgIpc) is 2.79. The Morgan fingerprint density at radius 3 is 2.71 bits per heavy atom. The maximum atomic E-state index is 4.03. The molecule has 2 aromatic rings. The molecule has 0 aliphatic rings. The number of hydrogen-bond acceptors (Lipinski definition) is 4. The van der Waals surface area contributed by atoms with Crippen LogP contribution in [-0.4, -0.2) is 26.8 Å². The molecular weight excluding hydrogens is 214 g/mol. The predicted octanol–water partition coefficient (Wildman–Crippen LogP) is 1.47. The second-order valence-corrected chi connectivity index (χ2v) is 4.02. The zero-order valence-corrected chi connectivity index (χ0v) is 10.2. The van der Waals surface area contributed by atoms with E-state index < -0.39 is 0 Å². The molecule has 0 bridgehead atoms. The van der Waals surface area contributed by atoms with Gasteiger partial charge in [0, 0.05) is 0 Å². The molecule has 1 aromatic heterocycles. The number of nitrogens with one attached hydrogen (secondary N) is 1. The Balaban J connectivity index is 2.15. The van der Waals surface area contributed by atoms with Crippen molar-refractivity contribution in [3.8, 4) is 5.69 Å². The number of rotatable bonds is 5. The van der Waals surface area contributed by atoms with Gasteiger partial charge in [0.15, 0.2) is 5.82 Å². The summed E-state index contributed by atoms with van der Waals surface area (Å²) in [5.74, 6) is 0.835. The van der Waals surface area contributed by atoms with E-state index in [1.54, 1.807) is 4.68 Å². The molecule has 0 spiro atoms. The molecule has 17 heavy (non-hydrogen) atoms. The van der Waals surface area contributed by atoms with Gasteiger partial charge in [-0.05, 0) is 42.4 Å². The first kappa shape index (κ1) is 11.7. The summed E-state index contributed by atoms with van der Waals surface area (Å²) in [5.41, 5.74) is 2.22. The number of nitrogens with zero attached hydrogens (tertiary/aromatic N) is 4. The van der Waals surface area contributed by atoms with Crippen LogP contribution in [0, 0.1) is 6.92 Å². The minimum atomic E-state index is 0.689. The van der Waals surface area contributed by atoms with E-state index in [0.29, 0.717) is 6.54 Å². The molecule has 0 atom stereocenters. The normalized spacial score (nSPS) is 10.7. The van der Waals surface area contributed by atoms with Crippen LogP contribution >= 0.6 is 0 Å². The van der Waals surface area contributed by atoms with E-state index in [0.717, 1.165) is 24.5 Å². The Morgan fingerprint density at radius 1 is 1.24 bits per heavy atom.